The molecule has 3 fully saturated rings. The molecule has 0 amide bonds. The molecule has 9 atom stereocenters. The van der Waals surface area contributed by atoms with Crippen molar-refractivity contribution in [3.05, 3.63) is 245 Å². The summed E-state index contributed by atoms with van der Waals surface area (Å²) >= 11 is 0. The zero-order valence-electron chi connectivity index (χ0n) is 76.6. The highest BCUT2D eigenvalue weighted by Gasteiger charge is 2.27. The first-order valence-corrected chi connectivity index (χ1v) is 45.8. The SMILES string of the molecule is CCC(C)(C)C(=O)OCc1ccccc1.CCC(C)c1ccc(O)cc1.CCC(C)c1ccc(O)cc1.CCC(C)c1ccc(OC(C)OC2CCCCC2)cc1.CCC(C)c1cccc(O)c1.CCC(C)c1cccc(OC(C)OCCC2CCCCC2)c1.CCC(C)c1cccc(OC(C)OCCOc2ccc(C3CCCCC3)cc2)c1. The lowest BCUT2D eigenvalue weighted by Crippen LogP contribution is -2.26. The fourth-order valence-electron chi connectivity index (χ4n) is 14.2. The van der Waals surface area contributed by atoms with E-state index >= 15 is 0 Å². The summed E-state index contributed by atoms with van der Waals surface area (Å²) in [6.45, 7) is 40.3. The molecule has 12 nitrogen and oxygen atoms in total. The average Bonchev–Trinajstić information content (AvgIpc) is 0.864. The fourth-order valence-corrected chi connectivity index (χ4v) is 14.2. The van der Waals surface area contributed by atoms with Gasteiger partial charge in [-0.25, -0.2) is 0 Å². The smallest absolute Gasteiger partial charge is 0.311 e. The van der Waals surface area contributed by atoms with E-state index in [0.29, 0.717) is 78.7 Å². The van der Waals surface area contributed by atoms with Crippen LogP contribution in [0.5, 0.6) is 40.2 Å². The van der Waals surface area contributed by atoms with Gasteiger partial charge in [-0.1, -0.05) is 276 Å². The molecule has 0 bridgehead atoms. The van der Waals surface area contributed by atoms with Crippen LogP contribution in [0.1, 0.15) is 358 Å². The number of ether oxygens (including phenoxy) is 8. The summed E-state index contributed by atoms with van der Waals surface area (Å²) in [6, 6.07) is 65.8. The zero-order valence-corrected chi connectivity index (χ0v) is 76.6. The van der Waals surface area contributed by atoms with Gasteiger partial charge in [0.1, 0.15) is 53.5 Å². The van der Waals surface area contributed by atoms with Gasteiger partial charge in [0.05, 0.1) is 24.7 Å². The van der Waals surface area contributed by atoms with Crippen LogP contribution in [0.25, 0.3) is 0 Å². The second-order valence-corrected chi connectivity index (χ2v) is 33.9. The van der Waals surface area contributed by atoms with Gasteiger partial charge in [0.2, 0.25) is 0 Å². The van der Waals surface area contributed by atoms with E-state index < -0.39 is 0 Å². The molecule has 12 heteroatoms. The van der Waals surface area contributed by atoms with Crippen molar-refractivity contribution in [2.75, 3.05) is 19.8 Å². The van der Waals surface area contributed by atoms with Crippen molar-refractivity contribution >= 4 is 5.97 Å². The molecule has 0 aromatic heterocycles. The highest BCUT2D eigenvalue weighted by molar-refractivity contribution is 5.75. The molecule has 0 heterocycles. The standard InChI is InChI=1S/C26H36O3.C20H32O2.C18H28O2.C13H18O2.3C10H14O/c1-4-20(2)24-11-8-12-26(19-24)29-21(3)27-17-18-28-25-15-13-23(14-16-25)22-9-6-5-7-10-22;1-4-16(2)19-11-8-12-20(15-19)22-17(3)21-14-13-18-9-6-5-7-10-18;1-4-14(2)16-10-12-18(13-11-16)20-15(3)19-17-8-6-5-7-9-17;1-4-13(2,3)12(14)15-10-11-8-6-5-7-9-11;2*1-3-8(2)9-4-6-10(11)7-5-9;1-3-8(2)9-5-4-6-10(11)7-9/h8,11-16,19-22H,4-7,9-10,17-18H2,1-3H3;8,11-12,15-18H,4-7,9-10,13-14H2,1-3H3;10-15,17H,4-9H2,1-3H3;5-9H,4,10H2,1-3H3;3*4-8,11H,3H2,1-2H3. The summed E-state index contributed by atoms with van der Waals surface area (Å²) in [5, 5.41) is 27.2. The summed E-state index contributed by atoms with van der Waals surface area (Å²) in [4.78, 5) is 11.6. The molecule has 0 spiro atoms. The molecule has 0 aliphatic heterocycles. The van der Waals surface area contributed by atoms with Gasteiger partial charge >= 0.3 is 5.97 Å². The molecule has 3 aliphatic carbocycles. The maximum atomic E-state index is 11.6. The fraction of sp³-hybridized carbons (Fsp3) is 0.542. The van der Waals surface area contributed by atoms with Gasteiger partial charge in [-0.2, -0.15) is 0 Å². The van der Waals surface area contributed by atoms with Crippen LogP contribution in [0, 0.1) is 11.3 Å². The lowest BCUT2D eigenvalue weighted by atomic mass is 9.84. The number of hydrogen-bond donors (Lipinski definition) is 3. The third-order valence-corrected chi connectivity index (χ3v) is 24.1. The van der Waals surface area contributed by atoms with Crippen molar-refractivity contribution in [3.8, 4) is 40.2 Å². The van der Waals surface area contributed by atoms with E-state index in [1.165, 1.54) is 148 Å². The van der Waals surface area contributed by atoms with E-state index in [1.54, 1.807) is 30.3 Å². The number of hydrogen-bond acceptors (Lipinski definition) is 12. The molecule has 119 heavy (non-hydrogen) atoms. The lowest BCUT2D eigenvalue weighted by molar-refractivity contribution is -0.155. The largest absolute Gasteiger partial charge is 0.508 e. The van der Waals surface area contributed by atoms with Gasteiger partial charge in [0.25, 0.3) is 0 Å². The molecule has 8 aromatic rings. The van der Waals surface area contributed by atoms with Crippen LogP contribution in [-0.4, -0.2) is 66.1 Å². The number of aromatic hydroxyl groups is 3. The average molecular weight is 1630 g/mol. The molecular weight excluding hydrogens is 1480 g/mol. The van der Waals surface area contributed by atoms with Crippen LogP contribution in [0.2, 0.25) is 0 Å². The van der Waals surface area contributed by atoms with Gasteiger partial charge in [-0.3, -0.25) is 4.79 Å². The molecule has 3 N–H and O–H groups in total. The molecule has 0 radical (unpaired) electrons. The second kappa shape index (κ2) is 57.8. The number of phenolic OH excluding ortho intramolecular Hbond substituents is 3. The van der Waals surface area contributed by atoms with E-state index in [2.05, 4.69) is 162 Å². The predicted molar refractivity (Wildman–Crippen MR) is 495 cm³/mol. The Bertz CT molecular complexity index is 3830. The second-order valence-electron chi connectivity index (χ2n) is 33.9. The van der Waals surface area contributed by atoms with E-state index in [0.717, 1.165) is 85.5 Å². The zero-order chi connectivity index (χ0) is 86.7. The van der Waals surface area contributed by atoms with Crippen molar-refractivity contribution in [2.24, 2.45) is 11.3 Å². The van der Waals surface area contributed by atoms with Crippen molar-refractivity contribution in [2.45, 2.75) is 345 Å². The van der Waals surface area contributed by atoms with Crippen molar-refractivity contribution < 1.29 is 58.0 Å². The maximum absolute atomic E-state index is 11.6. The van der Waals surface area contributed by atoms with E-state index in [-0.39, 0.29) is 30.3 Å². The van der Waals surface area contributed by atoms with Crippen molar-refractivity contribution in [1.29, 1.82) is 0 Å². The van der Waals surface area contributed by atoms with Crippen LogP contribution < -0.4 is 18.9 Å². The molecule has 8 aromatic carbocycles. The minimum absolute atomic E-state index is 0.131. The summed E-state index contributed by atoms with van der Waals surface area (Å²) in [6.07, 6.45) is 28.6. The topological polar surface area (TPSA) is 152 Å². The van der Waals surface area contributed by atoms with E-state index in [9.17, 15) is 4.79 Å². The van der Waals surface area contributed by atoms with Gasteiger partial charge < -0.3 is 53.2 Å². The third kappa shape index (κ3) is 40.8. The van der Waals surface area contributed by atoms with E-state index in [4.69, 9.17) is 53.2 Å². The van der Waals surface area contributed by atoms with Gasteiger partial charge in [-0.15, -0.1) is 0 Å². The Hall–Kier alpha value is -8.29. The van der Waals surface area contributed by atoms with Gasteiger partial charge in [0, 0.05) is 0 Å². The number of benzene rings is 8. The van der Waals surface area contributed by atoms with E-state index in [1.807, 2.05) is 133 Å². The van der Waals surface area contributed by atoms with Crippen LogP contribution in [0.3, 0.4) is 0 Å². The maximum Gasteiger partial charge on any atom is 0.311 e. The summed E-state index contributed by atoms with van der Waals surface area (Å²) < 4.78 is 46.4. The minimum atomic E-state index is -0.380. The molecular formula is C107H156O12. The summed E-state index contributed by atoms with van der Waals surface area (Å²) in [7, 11) is 0. The first-order valence-electron chi connectivity index (χ1n) is 45.8. The van der Waals surface area contributed by atoms with Crippen LogP contribution in [-0.2, 0) is 30.3 Å². The molecule has 3 saturated carbocycles. The molecule has 3 aliphatic rings. The van der Waals surface area contributed by atoms with Crippen LogP contribution >= 0.6 is 0 Å². The molecule has 9 unspecified atom stereocenters. The van der Waals surface area contributed by atoms with Crippen molar-refractivity contribution in [1.82, 2.24) is 0 Å². The Labute approximate surface area is 721 Å². The number of rotatable bonds is 34. The molecule has 656 valence electrons. The Morgan fingerprint density at radius 2 is 0.765 bits per heavy atom. The molecule has 0 saturated heterocycles. The monoisotopic (exact) mass is 1630 g/mol. The van der Waals surface area contributed by atoms with Crippen molar-refractivity contribution in [3.63, 3.8) is 0 Å². The lowest BCUT2D eigenvalue weighted by Gasteiger charge is -2.26. The normalized spacial score (nSPS) is 15.9. The highest BCUT2D eigenvalue weighted by atomic mass is 16.7. The summed E-state index contributed by atoms with van der Waals surface area (Å²) in [5.74, 6) is 9.56. The van der Waals surface area contributed by atoms with Gasteiger partial charge in [-0.05, 0) is 288 Å². The molecule has 11 rings (SSSR count). The Kier molecular flexibility index (Phi) is 49.2. The quantitative estimate of drug-likeness (QED) is 0.0200. The third-order valence-electron chi connectivity index (χ3n) is 24.1. The first-order chi connectivity index (χ1) is 57.3. The highest BCUT2D eigenvalue weighted by Crippen LogP contribution is 2.35. The number of carbonyl (C=O) groups is 1. The number of phenols is 3. The Morgan fingerprint density at radius 3 is 1.21 bits per heavy atom. The van der Waals surface area contributed by atoms with Crippen LogP contribution in [0.15, 0.2) is 200 Å². The minimum Gasteiger partial charge on any atom is -0.508 e. The van der Waals surface area contributed by atoms with Gasteiger partial charge in [0.15, 0.2) is 18.9 Å². The van der Waals surface area contributed by atoms with Crippen LogP contribution in [0.4, 0.5) is 0 Å². The first kappa shape index (κ1) is 101. The number of carbonyl (C=O) groups excluding carboxylic acids is 1. The summed E-state index contributed by atoms with van der Waals surface area (Å²) in [5.41, 5.74) is 9.93. The Morgan fingerprint density at radius 1 is 0.370 bits per heavy atom. The predicted octanol–water partition coefficient (Wildman–Crippen LogP) is 30.1. The Balaban J connectivity index is 0.000000255. The number of esters is 1.